The Balaban J connectivity index is 1.91. The van der Waals surface area contributed by atoms with E-state index in [1.807, 2.05) is 12.1 Å². The van der Waals surface area contributed by atoms with Gasteiger partial charge in [-0.15, -0.1) is 10.2 Å². The first-order valence-electron chi connectivity index (χ1n) is 6.07. The quantitative estimate of drug-likeness (QED) is 0.669. The molecule has 0 aliphatic carbocycles. The topological polar surface area (TPSA) is 54.9 Å². The first-order chi connectivity index (χ1) is 9.52. The molecule has 0 spiro atoms. The number of thioether (sulfide) groups is 1. The zero-order chi connectivity index (χ0) is 14.5. The van der Waals surface area contributed by atoms with Crippen molar-refractivity contribution in [1.29, 1.82) is 0 Å². The van der Waals surface area contributed by atoms with Crippen molar-refractivity contribution < 1.29 is 4.79 Å². The lowest BCUT2D eigenvalue weighted by Crippen LogP contribution is -2.14. The van der Waals surface area contributed by atoms with Gasteiger partial charge in [0.15, 0.2) is 4.34 Å². The minimum atomic E-state index is -0.107. The normalized spacial score (nSPS) is 10.8. The number of amides is 1. The van der Waals surface area contributed by atoms with Gasteiger partial charge in [0.1, 0.15) is 0 Å². The summed E-state index contributed by atoms with van der Waals surface area (Å²) in [5.74, 6) is -0.107. The summed E-state index contributed by atoms with van der Waals surface area (Å²) >= 11 is 8.82. The third kappa shape index (κ3) is 4.77. The van der Waals surface area contributed by atoms with Crippen LogP contribution >= 0.6 is 34.7 Å². The molecular weight excluding hydrogens is 314 g/mol. The maximum absolute atomic E-state index is 11.9. The van der Waals surface area contributed by atoms with Crippen molar-refractivity contribution in [3.8, 4) is 0 Å². The molecular formula is C13H14ClN3OS2. The Kier molecular flexibility index (Phi) is 5.39. The van der Waals surface area contributed by atoms with Gasteiger partial charge in [0.25, 0.3) is 0 Å². The summed E-state index contributed by atoms with van der Waals surface area (Å²) in [5.41, 5.74) is 0.910. The number of nitrogens with one attached hydrogen (secondary N) is 1. The Bertz CT molecular complexity index is 584. The molecule has 0 saturated carbocycles. The van der Waals surface area contributed by atoms with Gasteiger partial charge >= 0.3 is 0 Å². The zero-order valence-electron chi connectivity index (χ0n) is 11.1. The van der Waals surface area contributed by atoms with Gasteiger partial charge in [-0.1, -0.05) is 60.7 Å². The van der Waals surface area contributed by atoms with Crippen molar-refractivity contribution in [3.63, 3.8) is 0 Å². The molecule has 2 rings (SSSR count). The third-order valence-electron chi connectivity index (χ3n) is 2.27. The number of hydrogen-bond donors (Lipinski definition) is 1. The number of rotatable bonds is 5. The summed E-state index contributed by atoms with van der Waals surface area (Å²) in [5, 5.41) is 12.4. The molecule has 4 nitrogen and oxygen atoms in total. The number of carbonyl (C=O) groups is 1. The number of halogens is 1. The highest BCUT2D eigenvalue weighted by Crippen LogP contribution is 2.28. The SMILES string of the molecule is CC(C)Sc1nnc(NC(=O)Cc2ccc(Cl)cc2)s1. The van der Waals surface area contributed by atoms with Crippen molar-refractivity contribution in [2.24, 2.45) is 0 Å². The lowest BCUT2D eigenvalue weighted by Gasteiger charge is -2.01. The van der Waals surface area contributed by atoms with Crippen LogP contribution in [0.5, 0.6) is 0 Å². The van der Waals surface area contributed by atoms with Crippen LogP contribution in [0.25, 0.3) is 0 Å². The van der Waals surface area contributed by atoms with Crippen LogP contribution in [-0.4, -0.2) is 21.4 Å². The lowest BCUT2D eigenvalue weighted by atomic mass is 10.1. The molecule has 0 bridgehead atoms. The average Bonchev–Trinajstić information content (AvgIpc) is 2.78. The Morgan fingerprint density at radius 1 is 1.35 bits per heavy atom. The van der Waals surface area contributed by atoms with Crippen LogP contribution in [0.1, 0.15) is 19.4 Å². The van der Waals surface area contributed by atoms with Crippen LogP contribution in [0, 0.1) is 0 Å². The van der Waals surface area contributed by atoms with E-state index in [1.54, 1.807) is 23.9 Å². The fourth-order valence-electron chi connectivity index (χ4n) is 1.46. The number of carbonyl (C=O) groups excluding carboxylic acids is 1. The van der Waals surface area contributed by atoms with Crippen LogP contribution < -0.4 is 5.32 Å². The van der Waals surface area contributed by atoms with Gasteiger partial charge in [-0.25, -0.2) is 0 Å². The number of anilines is 1. The first-order valence-corrected chi connectivity index (χ1v) is 8.15. The smallest absolute Gasteiger partial charge is 0.230 e. The predicted octanol–water partition coefficient (Wildman–Crippen LogP) is 3.87. The van der Waals surface area contributed by atoms with E-state index in [-0.39, 0.29) is 5.91 Å². The third-order valence-corrected chi connectivity index (χ3v) is 4.45. The molecule has 0 aliphatic heterocycles. The largest absolute Gasteiger partial charge is 0.300 e. The second-order valence-corrected chi connectivity index (χ2v) is 7.63. The molecule has 106 valence electrons. The number of benzene rings is 1. The Labute approximate surface area is 130 Å². The molecule has 1 N–H and O–H groups in total. The molecule has 0 fully saturated rings. The molecule has 0 radical (unpaired) electrons. The van der Waals surface area contributed by atoms with E-state index in [4.69, 9.17) is 11.6 Å². The summed E-state index contributed by atoms with van der Waals surface area (Å²) in [6, 6.07) is 7.21. The highest BCUT2D eigenvalue weighted by Gasteiger charge is 2.10. The van der Waals surface area contributed by atoms with E-state index in [1.165, 1.54) is 11.3 Å². The monoisotopic (exact) mass is 327 g/mol. The van der Waals surface area contributed by atoms with E-state index in [0.29, 0.717) is 21.8 Å². The van der Waals surface area contributed by atoms with Gasteiger partial charge in [0.2, 0.25) is 11.0 Å². The maximum atomic E-state index is 11.9. The van der Waals surface area contributed by atoms with Crippen molar-refractivity contribution >= 4 is 45.7 Å². The van der Waals surface area contributed by atoms with Crippen molar-refractivity contribution in [1.82, 2.24) is 10.2 Å². The van der Waals surface area contributed by atoms with E-state index in [2.05, 4.69) is 29.4 Å². The standard InChI is InChI=1S/C13H14ClN3OS2/c1-8(2)19-13-17-16-12(20-13)15-11(18)7-9-3-5-10(14)6-4-9/h3-6,8H,7H2,1-2H3,(H,15,16,18). The van der Waals surface area contributed by atoms with Crippen molar-refractivity contribution in [2.75, 3.05) is 5.32 Å². The summed E-state index contributed by atoms with van der Waals surface area (Å²) in [4.78, 5) is 11.9. The number of nitrogens with zero attached hydrogens (tertiary/aromatic N) is 2. The number of hydrogen-bond acceptors (Lipinski definition) is 5. The number of aromatic nitrogens is 2. The van der Waals surface area contributed by atoms with Gasteiger partial charge in [-0.05, 0) is 17.7 Å². The molecule has 20 heavy (non-hydrogen) atoms. The van der Waals surface area contributed by atoms with Gasteiger partial charge in [-0.3, -0.25) is 4.79 Å². The molecule has 2 aromatic rings. The second-order valence-electron chi connectivity index (χ2n) is 4.39. The van der Waals surface area contributed by atoms with Crippen LogP contribution in [-0.2, 0) is 11.2 Å². The van der Waals surface area contributed by atoms with Gasteiger partial charge in [0.05, 0.1) is 6.42 Å². The van der Waals surface area contributed by atoms with E-state index >= 15 is 0 Å². The minimum absolute atomic E-state index is 0.107. The van der Waals surface area contributed by atoms with Gasteiger partial charge in [-0.2, -0.15) is 0 Å². The van der Waals surface area contributed by atoms with Crippen LogP contribution in [0.4, 0.5) is 5.13 Å². The molecule has 0 aliphatic rings. The Hall–Kier alpha value is -1.11. The zero-order valence-corrected chi connectivity index (χ0v) is 13.5. The Morgan fingerprint density at radius 3 is 2.70 bits per heavy atom. The fraction of sp³-hybridized carbons (Fsp3) is 0.308. The summed E-state index contributed by atoms with van der Waals surface area (Å²) < 4.78 is 0.863. The molecule has 1 amide bonds. The Morgan fingerprint density at radius 2 is 2.05 bits per heavy atom. The molecule has 1 heterocycles. The van der Waals surface area contributed by atoms with E-state index < -0.39 is 0 Å². The molecule has 1 aromatic heterocycles. The van der Waals surface area contributed by atoms with Crippen LogP contribution in [0.15, 0.2) is 28.6 Å². The van der Waals surface area contributed by atoms with Gasteiger partial charge in [0, 0.05) is 10.3 Å². The first kappa shape index (κ1) is 15.3. The molecule has 0 saturated heterocycles. The molecule has 1 aromatic carbocycles. The maximum Gasteiger partial charge on any atom is 0.230 e. The van der Waals surface area contributed by atoms with E-state index in [9.17, 15) is 4.79 Å². The highest BCUT2D eigenvalue weighted by atomic mass is 35.5. The second kappa shape index (κ2) is 7.06. The fourth-order valence-corrected chi connectivity index (χ4v) is 3.58. The molecule has 7 heteroatoms. The van der Waals surface area contributed by atoms with Crippen molar-refractivity contribution in [3.05, 3.63) is 34.9 Å². The van der Waals surface area contributed by atoms with Crippen molar-refractivity contribution in [2.45, 2.75) is 29.9 Å². The molecule has 0 atom stereocenters. The molecule has 0 unspecified atom stereocenters. The lowest BCUT2D eigenvalue weighted by molar-refractivity contribution is -0.115. The summed E-state index contributed by atoms with van der Waals surface area (Å²) in [6.07, 6.45) is 0.295. The summed E-state index contributed by atoms with van der Waals surface area (Å²) in [7, 11) is 0. The predicted molar refractivity (Wildman–Crippen MR) is 84.7 cm³/mol. The average molecular weight is 328 g/mol. The van der Waals surface area contributed by atoms with Gasteiger partial charge < -0.3 is 5.32 Å². The van der Waals surface area contributed by atoms with Crippen LogP contribution in [0.2, 0.25) is 5.02 Å². The highest BCUT2D eigenvalue weighted by molar-refractivity contribution is 8.01. The van der Waals surface area contributed by atoms with Crippen LogP contribution in [0.3, 0.4) is 0 Å². The van der Waals surface area contributed by atoms with E-state index in [0.717, 1.165) is 9.90 Å². The minimum Gasteiger partial charge on any atom is -0.300 e. The summed E-state index contributed by atoms with van der Waals surface area (Å²) in [6.45, 7) is 4.18.